The van der Waals surface area contributed by atoms with Gasteiger partial charge in [0, 0.05) is 6.20 Å². The Kier molecular flexibility index (Phi) is 11.4. The van der Waals surface area contributed by atoms with Crippen LogP contribution in [-0.4, -0.2) is 51.6 Å². The number of aromatic nitrogens is 1. The predicted octanol–water partition coefficient (Wildman–Crippen LogP) is 4.66. The molecule has 0 aliphatic carbocycles. The number of ether oxygens (including phenoxy) is 1. The van der Waals surface area contributed by atoms with Crippen LogP contribution in [0.2, 0.25) is 0 Å². The van der Waals surface area contributed by atoms with Crippen molar-refractivity contribution in [3.63, 3.8) is 0 Å². The maximum absolute atomic E-state index is 11.9. The van der Waals surface area contributed by atoms with Crippen molar-refractivity contribution < 1.29 is 29.0 Å². The molecular weight excluding hydrogens is 464 g/mol. The van der Waals surface area contributed by atoms with E-state index >= 15 is 0 Å². The molecule has 4 amide bonds. The molecule has 1 fully saturated rings. The fourth-order valence-electron chi connectivity index (χ4n) is 3.39. The third kappa shape index (κ3) is 9.01. The maximum atomic E-state index is 11.9. The number of nitrogens with one attached hydrogen (secondary N) is 2. The maximum Gasteiger partial charge on any atom is 0.412 e. The lowest BCUT2D eigenvalue weighted by atomic mass is 10.0. The number of nitrogens with zero attached hydrogens (tertiary/aromatic N) is 2. The Morgan fingerprint density at radius 1 is 1.17 bits per heavy atom. The van der Waals surface area contributed by atoms with Gasteiger partial charge in [0.25, 0.3) is 0 Å². The Labute approximate surface area is 211 Å². The van der Waals surface area contributed by atoms with Crippen molar-refractivity contribution in [3.8, 4) is 0 Å². The molecule has 2 unspecified atom stereocenters. The molecule has 3 rings (SSSR count). The van der Waals surface area contributed by atoms with Gasteiger partial charge in [0.2, 0.25) is 5.91 Å². The average Bonchev–Trinajstić information content (AvgIpc) is 2.83. The Morgan fingerprint density at radius 3 is 2.50 bits per heavy atom. The molecule has 2 aromatic rings. The van der Waals surface area contributed by atoms with Crippen LogP contribution in [0.5, 0.6) is 0 Å². The van der Waals surface area contributed by atoms with E-state index in [-0.39, 0.29) is 12.5 Å². The molecule has 1 aliphatic heterocycles. The van der Waals surface area contributed by atoms with Crippen LogP contribution < -0.4 is 10.6 Å². The lowest BCUT2D eigenvalue weighted by molar-refractivity contribution is -0.157. The van der Waals surface area contributed by atoms with E-state index in [2.05, 4.69) is 22.5 Å². The molecule has 2 atom stereocenters. The number of likely N-dealkylation sites (tertiary alicyclic amines) is 1. The van der Waals surface area contributed by atoms with E-state index < -0.39 is 30.0 Å². The third-order valence-electron chi connectivity index (χ3n) is 5.47. The van der Waals surface area contributed by atoms with Gasteiger partial charge in [-0.1, -0.05) is 56.5 Å². The standard InChI is InChI=1S/C13H14N2O4.C13H20N2O2/c1-8(9-5-3-2-4-6-9)14-13(19)15-10(12(17)18)7-11(15)16;1-3-4-5-6-9-17-13(16)15-12-10-11(2)7-8-14-12/h2-6,8,10H,7H2,1H3,(H,14,19)(H,17,18);7-8,10H,3-6,9H2,1-2H3,(H,14,15,16). The molecule has 10 heteroatoms. The predicted molar refractivity (Wildman–Crippen MR) is 134 cm³/mol. The average molecular weight is 499 g/mol. The number of imide groups is 1. The van der Waals surface area contributed by atoms with Gasteiger partial charge in [-0.05, 0) is 43.5 Å². The zero-order chi connectivity index (χ0) is 26.5. The van der Waals surface area contributed by atoms with Crippen LogP contribution >= 0.6 is 0 Å². The summed E-state index contributed by atoms with van der Waals surface area (Å²) in [5.74, 6) is -1.10. The van der Waals surface area contributed by atoms with Crippen LogP contribution in [0.25, 0.3) is 0 Å². The summed E-state index contributed by atoms with van der Waals surface area (Å²) in [5.41, 5.74) is 1.94. The van der Waals surface area contributed by atoms with Crippen LogP contribution in [-0.2, 0) is 14.3 Å². The normalized spacial score (nSPS) is 15.0. The Hall–Kier alpha value is -3.95. The van der Waals surface area contributed by atoms with Gasteiger partial charge in [-0.15, -0.1) is 0 Å². The number of urea groups is 1. The third-order valence-corrected chi connectivity index (χ3v) is 5.47. The van der Waals surface area contributed by atoms with E-state index in [1.165, 1.54) is 12.8 Å². The van der Waals surface area contributed by atoms with E-state index in [1.54, 1.807) is 19.2 Å². The second-order valence-corrected chi connectivity index (χ2v) is 8.44. The molecule has 0 radical (unpaired) electrons. The highest BCUT2D eigenvalue weighted by molar-refractivity contribution is 6.05. The number of pyridine rings is 1. The van der Waals surface area contributed by atoms with Crippen molar-refractivity contribution in [1.82, 2.24) is 15.2 Å². The van der Waals surface area contributed by atoms with Gasteiger partial charge >= 0.3 is 18.1 Å². The zero-order valence-electron chi connectivity index (χ0n) is 20.9. The van der Waals surface area contributed by atoms with Crippen molar-refractivity contribution in [3.05, 3.63) is 59.8 Å². The van der Waals surface area contributed by atoms with Gasteiger partial charge in [-0.25, -0.2) is 24.3 Å². The Balaban J connectivity index is 0.000000255. The van der Waals surface area contributed by atoms with Crippen molar-refractivity contribution in [2.45, 2.75) is 65.0 Å². The highest BCUT2D eigenvalue weighted by atomic mass is 16.5. The molecule has 0 bridgehead atoms. The first-order valence-electron chi connectivity index (χ1n) is 12.0. The van der Waals surface area contributed by atoms with Gasteiger partial charge in [0.05, 0.1) is 19.1 Å². The van der Waals surface area contributed by atoms with Gasteiger partial charge in [-0.3, -0.25) is 10.1 Å². The van der Waals surface area contributed by atoms with E-state index in [0.717, 1.165) is 28.9 Å². The molecule has 3 N–H and O–H groups in total. The van der Waals surface area contributed by atoms with Gasteiger partial charge in [-0.2, -0.15) is 0 Å². The summed E-state index contributed by atoms with van der Waals surface area (Å²) in [7, 11) is 0. The minimum absolute atomic E-state index is 0.123. The number of carbonyl (C=O) groups excluding carboxylic acids is 3. The van der Waals surface area contributed by atoms with Gasteiger partial charge in [0.15, 0.2) is 0 Å². The van der Waals surface area contributed by atoms with Crippen LogP contribution in [0.1, 0.15) is 63.1 Å². The summed E-state index contributed by atoms with van der Waals surface area (Å²) in [5, 5.41) is 14.1. The first-order valence-corrected chi connectivity index (χ1v) is 12.0. The van der Waals surface area contributed by atoms with Crippen LogP contribution in [0.3, 0.4) is 0 Å². The topological polar surface area (TPSA) is 138 Å². The monoisotopic (exact) mass is 498 g/mol. The number of unbranched alkanes of at least 4 members (excludes halogenated alkanes) is 3. The Bertz CT molecular complexity index is 1030. The fourth-order valence-corrected chi connectivity index (χ4v) is 3.39. The number of carboxylic acid groups (broad SMARTS) is 1. The SMILES string of the molecule is CC(NC(=O)N1C(=O)CC1C(=O)O)c1ccccc1.CCCCCCOC(=O)Nc1cc(C)ccn1. The second-order valence-electron chi connectivity index (χ2n) is 8.44. The van der Waals surface area contributed by atoms with E-state index in [0.29, 0.717) is 12.4 Å². The number of anilines is 1. The first kappa shape index (κ1) is 28.3. The van der Waals surface area contributed by atoms with Gasteiger partial charge < -0.3 is 15.2 Å². The summed E-state index contributed by atoms with van der Waals surface area (Å²) in [6.07, 6.45) is 5.49. The molecular formula is C26H34N4O6. The van der Waals surface area contributed by atoms with Crippen LogP contribution in [0.4, 0.5) is 15.4 Å². The number of β-lactam (4-membered cyclic amide) rings is 1. The summed E-state index contributed by atoms with van der Waals surface area (Å²) in [6, 6.07) is 10.9. The molecule has 1 aliphatic rings. The molecule has 0 spiro atoms. The largest absolute Gasteiger partial charge is 0.480 e. The first-order chi connectivity index (χ1) is 17.2. The minimum atomic E-state index is -1.16. The fraction of sp³-hybridized carbons (Fsp3) is 0.423. The molecule has 1 aromatic heterocycles. The summed E-state index contributed by atoms with van der Waals surface area (Å²) in [4.78, 5) is 50.2. The van der Waals surface area contributed by atoms with Gasteiger partial charge in [0.1, 0.15) is 11.9 Å². The number of carbonyl (C=O) groups is 4. The van der Waals surface area contributed by atoms with Crippen molar-refractivity contribution in [1.29, 1.82) is 0 Å². The second kappa shape index (κ2) is 14.4. The van der Waals surface area contributed by atoms with E-state index in [9.17, 15) is 19.2 Å². The number of amides is 4. The molecule has 2 heterocycles. The molecule has 0 saturated carbocycles. The van der Waals surface area contributed by atoms with Crippen molar-refractivity contribution in [2.24, 2.45) is 0 Å². The van der Waals surface area contributed by atoms with E-state index in [4.69, 9.17) is 9.84 Å². The van der Waals surface area contributed by atoms with Crippen molar-refractivity contribution >= 4 is 29.8 Å². The molecule has 36 heavy (non-hydrogen) atoms. The highest BCUT2D eigenvalue weighted by Crippen LogP contribution is 2.21. The number of hydrogen-bond donors (Lipinski definition) is 3. The smallest absolute Gasteiger partial charge is 0.412 e. The highest BCUT2D eigenvalue weighted by Gasteiger charge is 2.45. The zero-order valence-corrected chi connectivity index (χ0v) is 20.9. The van der Waals surface area contributed by atoms with Crippen LogP contribution in [0, 0.1) is 6.92 Å². The summed E-state index contributed by atoms with van der Waals surface area (Å²) >= 11 is 0. The molecule has 1 aromatic carbocycles. The molecule has 194 valence electrons. The number of aliphatic carboxylic acids is 1. The lowest BCUT2D eigenvalue weighted by Crippen LogP contribution is -2.61. The quantitative estimate of drug-likeness (QED) is 0.338. The number of aryl methyl sites for hydroxylation is 1. The summed E-state index contributed by atoms with van der Waals surface area (Å²) in [6.45, 7) is 6.34. The van der Waals surface area contributed by atoms with Crippen LogP contribution in [0.15, 0.2) is 48.7 Å². The molecule has 10 nitrogen and oxygen atoms in total. The number of carboxylic acids is 1. The Morgan fingerprint density at radius 2 is 1.89 bits per heavy atom. The van der Waals surface area contributed by atoms with E-state index in [1.807, 2.05) is 43.3 Å². The number of benzene rings is 1. The van der Waals surface area contributed by atoms with Crippen molar-refractivity contribution in [2.75, 3.05) is 11.9 Å². The number of hydrogen-bond acceptors (Lipinski definition) is 6. The minimum Gasteiger partial charge on any atom is -0.480 e. The number of rotatable bonds is 9. The lowest BCUT2D eigenvalue weighted by Gasteiger charge is -2.36. The summed E-state index contributed by atoms with van der Waals surface area (Å²) < 4.78 is 5.04. The molecule has 1 saturated heterocycles.